The molecule has 1 aliphatic carbocycles. The van der Waals surface area contributed by atoms with Crippen LogP contribution >= 0.6 is 31.9 Å². The minimum absolute atomic E-state index is 1.10. The van der Waals surface area contributed by atoms with Gasteiger partial charge in [0.2, 0.25) is 0 Å². The zero-order valence-electron chi connectivity index (χ0n) is 4.96. The Kier molecular flexibility index (Phi) is 2.07. The van der Waals surface area contributed by atoms with Crippen molar-refractivity contribution >= 4 is 31.9 Å². The molecule has 0 radical (unpaired) electrons. The van der Waals surface area contributed by atoms with Crippen molar-refractivity contribution in [3.05, 3.63) is 24.3 Å². The summed E-state index contributed by atoms with van der Waals surface area (Å²) in [5.74, 6) is 0. The summed E-state index contributed by atoms with van der Waals surface area (Å²) < 4.78 is -2.21. The second kappa shape index (κ2) is 2.44. The van der Waals surface area contributed by atoms with Crippen LogP contribution in [0.5, 0.6) is 0 Å². The van der Waals surface area contributed by atoms with Gasteiger partial charge in [0, 0.05) is 0 Å². The van der Waals surface area contributed by atoms with Crippen LogP contribution in [-0.4, -0.2) is 19.2 Å². The second-order valence-corrected chi connectivity index (χ2v) is 4.66. The fourth-order valence-corrected chi connectivity index (χ4v) is 1.11. The zero-order valence-corrected chi connectivity index (χ0v) is 8.13. The lowest BCUT2D eigenvalue weighted by atomic mass is 10.1. The Bertz CT molecular complexity index is 156. The van der Waals surface area contributed by atoms with Gasteiger partial charge in [-0.1, -0.05) is 0 Å². The van der Waals surface area contributed by atoms with E-state index in [0.29, 0.717) is 0 Å². The molecule has 0 aliphatic heterocycles. The van der Waals surface area contributed by atoms with E-state index in [1.165, 1.54) is 24.3 Å². The van der Waals surface area contributed by atoms with Gasteiger partial charge >= 0.3 is 0 Å². The van der Waals surface area contributed by atoms with Crippen LogP contribution in [0.25, 0.3) is 0 Å². The van der Waals surface area contributed by atoms with Crippen LogP contribution in [0.3, 0.4) is 0 Å². The summed E-state index contributed by atoms with van der Waals surface area (Å²) in [6.07, 6.45) is 5.78. The van der Waals surface area contributed by atoms with E-state index < -0.39 is 9.02 Å². The lowest BCUT2D eigenvalue weighted by Gasteiger charge is -2.21. The fourth-order valence-electron chi connectivity index (χ4n) is 0.579. The van der Waals surface area contributed by atoms with Gasteiger partial charge in [-0.2, -0.15) is 0 Å². The highest BCUT2D eigenvalue weighted by atomic mass is 79.9. The Morgan fingerprint density at radius 2 is 1.00 bits per heavy atom. The minimum atomic E-state index is -1.10. The molecule has 0 atom stereocenters. The molecule has 56 valence electrons. The van der Waals surface area contributed by atoms with Gasteiger partial charge in [0.25, 0.3) is 0 Å². The van der Waals surface area contributed by atoms with Crippen molar-refractivity contribution in [2.24, 2.45) is 0 Å². The highest BCUT2D eigenvalue weighted by Crippen LogP contribution is 2.29. The first-order valence-corrected chi connectivity index (χ1v) is 4.23. The van der Waals surface area contributed by atoms with Crippen LogP contribution in [0.4, 0.5) is 0 Å². The summed E-state index contributed by atoms with van der Waals surface area (Å²) in [6, 6.07) is 0. The molecule has 2 nitrogen and oxygen atoms in total. The molecule has 2 N–H and O–H groups in total. The Morgan fingerprint density at radius 3 is 1.20 bits per heavy atom. The minimum Gasteiger partial charge on any atom is -0.372 e. The van der Waals surface area contributed by atoms with Crippen molar-refractivity contribution in [1.29, 1.82) is 0 Å². The number of hydrogen-bond acceptors (Lipinski definition) is 2. The van der Waals surface area contributed by atoms with Gasteiger partial charge < -0.3 is 10.2 Å². The summed E-state index contributed by atoms with van der Waals surface area (Å²) >= 11 is 5.99. The van der Waals surface area contributed by atoms with E-state index in [2.05, 4.69) is 31.9 Å². The monoisotopic (exact) mass is 268 g/mol. The van der Waals surface area contributed by atoms with Gasteiger partial charge in [-0.15, -0.1) is 0 Å². The second-order valence-electron chi connectivity index (χ2n) is 2.12. The number of alkyl halides is 2. The van der Waals surface area contributed by atoms with Gasteiger partial charge in [0.15, 0.2) is 9.02 Å². The van der Waals surface area contributed by atoms with Crippen molar-refractivity contribution in [3.63, 3.8) is 0 Å². The zero-order chi connectivity index (χ0) is 7.83. The average molecular weight is 270 g/mol. The van der Waals surface area contributed by atoms with Gasteiger partial charge in [-0.3, -0.25) is 0 Å². The Morgan fingerprint density at radius 1 is 0.800 bits per heavy atom. The van der Waals surface area contributed by atoms with Gasteiger partial charge in [-0.25, -0.2) is 0 Å². The third-order valence-corrected chi connectivity index (χ3v) is 2.16. The third kappa shape index (κ3) is 2.20. The highest BCUT2D eigenvalue weighted by Gasteiger charge is 2.25. The molecule has 0 aromatic rings. The maximum absolute atomic E-state index is 9.22. The summed E-state index contributed by atoms with van der Waals surface area (Å²) in [6.45, 7) is 0. The van der Waals surface area contributed by atoms with E-state index in [1.54, 1.807) is 0 Å². The Balaban J connectivity index is 2.81. The van der Waals surface area contributed by atoms with E-state index in [-0.39, 0.29) is 0 Å². The van der Waals surface area contributed by atoms with E-state index in [4.69, 9.17) is 0 Å². The van der Waals surface area contributed by atoms with E-state index >= 15 is 0 Å². The summed E-state index contributed by atoms with van der Waals surface area (Å²) in [7, 11) is 0. The predicted molar refractivity (Wildman–Crippen MR) is 46.0 cm³/mol. The van der Waals surface area contributed by atoms with Gasteiger partial charge in [0.1, 0.15) is 0 Å². The quantitative estimate of drug-likeness (QED) is 0.514. The maximum atomic E-state index is 9.22. The molecular formula is C6H6Br2O2. The topological polar surface area (TPSA) is 40.5 Å². The lowest BCUT2D eigenvalue weighted by molar-refractivity contribution is 0.212. The van der Waals surface area contributed by atoms with Crippen molar-refractivity contribution in [3.8, 4) is 0 Å². The number of rotatable bonds is 0. The van der Waals surface area contributed by atoms with Gasteiger partial charge in [0.05, 0.1) is 0 Å². The van der Waals surface area contributed by atoms with Crippen LogP contribution in [0.2, 0.25) is 0 Å². The SMILES string of the molecule is OC1(Br)C=CC(O)(Br)C=C1. The first-order valence-electron chi connectivity index (χ1n) is 2.65. The van der Waals surface area contributed by atoms with Crippen molar-refractivity contribution < 1.29 is 10.2 Å². The summed E-state index contributed by atoms with van der Waals surface area (Å²) in [5, 5.41) is 18.4. The Hall–Kier alpha value is 0.360. The fraction of sp³-hybridized carbons (Fsp3) is 0.333. The Labute approximate surface area is 75.5 Å². The molecule has 0 spiro atoms. The molecule has 0 bridgehead atoms. The molecule has 0 saturated carbocycles. The standard InChI is InChI=1S/C6H6Br2O2/c7-5(9)1-2-6(8,10)4-3-5/h1-4,9-10H. The molecule has 4 heteroatoms. The number of halogens is 2. The largest absolute Gasteiger partial charge is 0.372 e. The molecule has 0 saturated heterocycles. The molecule has 0 amide bonds. The molecule has 1 rings (SSSR count). The molecule has 0 unspecified atom stereocenters. The molecule has 1 aliphatic rings. The number of hydrogen-bond donors (Lipinski definition) is 2. The smallest absolute Gasteiger partial charge is 0.157 e. The van der Waals surface area contributed by atoms with Crippen molar-refractivity contribution in [2.45, 2.75) is 9.02 Å². The van der Waals surface area contributed by atoms with Crippen LogP contribution in [0, 0.1) is 0 Å². The number of aliphatic hydroxyl groups is 2. The molecule has 0 fully saturated rings. The van der Waals surface area contributed by atoms with Crippen molar-refractivity contribution in [2.75, 3.05) is 0 Å². The molecule has 0 aromatic heterocycles. The normalized spacial score (nSPS) is 46.0. The summed E-state index contributed by atoms with van der Waals surface area (Å²) in [4.78, 5) is 0. The molecular weight excluding hydrogens is 264 g/mol. The third-order valence-electron chi connectivity index (χ3n) is 1.10. The molecule has 0 aromatic carbocycles. The van der Waals surface area contributed by atoms with Crippen LogP contribution < -0.4 is 0 Å². The maximum Gasteiger partial charge on any atom is 0.157 e. The van der Waals surface area contributed by atoms with E-state index in [1.807, 2.05) is 0 Å². The highest BCUT2D eigenvalue weighted by molar-refractivity contribution is 9.10. The molecule has 0 heterocycles. The van der Waals surface area contributed by atoms with Gasteiger partial charge in [-0.05, 0) is 56.2 Å². The summed E-state index contributed by atoms with van der Waals surface area (Å²) in [5.41, 5.74) is 0. The lowest BCUT2D eigenvalue weighted by Crippen LogP contribution is -2.23. The molecule has 10 heavy (non-hydrogen) atoms. The van der Waals surface area contributed by atoms with Crippen LogP contribution in [0.1, 0.15) is 0 Å². The van der Waals surface area contributed by atoms with Crippen LogP contribution in [0.15, 0.2) is 24.3 Å². The van der Waals surface area contributed by atoms with E-state index in [9.17, 15) is 10.2 Å². The first kappa shape index (κ1) is 8.46. The predicted octanol–water partition coefficient (Wildman–Crippen LogP) is 1.28. The first-order chi connectivity index (χ1) is 4.41. The van der Waals surface area contributed by atoms with Crippen molar-refractivity contribution in [1.82, 2.24) is 0 Å². The van der Waals surface area contributed by atoms with Crippen LogP contribution in [-0.2, 0) is 0 Å². The average Bonchev–Trinajstić information content (AvgIpc) is 1.79. The van der Waals surface area contributed by atoms with E-state index in [0.717, 1.165) is 0 Å².